The second-order valence-corrected chi connectivity index (χ2v) is 9.24. The summed E-state index contributed by atoms with van der Waals surface area (Å²) in [6.45, 7) is 4.44. The number of alkyl halides is 1. The van der Waals surface area contributed by atoms with Crippen molar-refractivity contribution in [3.63, 3.8) is 0 Å². The lowest BCUT2D eigenvalue weighted by atomic mass is 9.83. The van der Waals surface area contributed by atoms with Gasteiger partial charge in [-0.25, -0.2) is 18.0 Å². The van der Waals surface area contributed by atoms with Crippen LogP contribution < -0.4 is 10.1 Å². The number of hydrogen-bond donors (Lipinski definition) is 2. The van der Waals surface area contributed by atoms with E-state index >= 15 is 8.78 Å². The summed E-state index contributed by atoms with van der Waals surface area (Å²) in [5, 5.41) is 11.3. The number of carbonyl (C=O) groups excluding carboxylic acids is 1. The molecule has 0 spiro atoms. The van der Waals surface area contributed by atoms with Gasteiger partial charge in [0.25, 0.3) is 5.91 Å². The SMILES string of the molecule is CNC(=O)COc1ccc2c(c1)C[C@H](C)N(CC(C)(C)F)[C@H]2c1c(F)cc(/C=C/C(=O)O)cc1F. The van der Waals surface area contributed by atoms with Gasteiger partial charge in [-0.2, -0.15) is 0 Å². The quantitative estimate of drug-likeness (QED) is 0.541. The van der Waals surface area contributed by atoms with Crippen LogP contribution in [-0.4, -0.2) is 53.8 Å². The smallest absolute Gasteiger partial charge is 0.328 e. The number of hydrogen-bond acceptors (Lipinski definition) is 4. The van der Waals surface area contributed by atoms with E-state index in [1.165, 1.54) is 20.9 Å². The maximum Gasteiger partial charge on any atom is 0.328 e. The molecular formula is C26H29F3N2O4. The average molecular weight is 491 g/mol. The molecule has 3 rings (SSSR count). The fraction of sp³-hybridized carbons (Fsp3) is 0.385. The zero-order valence-corrected chi connectivity index (χ0v) is 20.1. The van der Waals surface area contributed by atoms with Gasteiger partial charge in [0, 0.05) is 31.3 Å². The molecule has 1 aliphatic heterocycles. The number of rotatable bonds is 8. The molecule has 2 atom stereocenters. The van der Waals surface area contributed by atoms with Crippen LogP contribution >= 0.6 is 0 Å². The van der Waals surface area contributed by atoms with Gasteiger partial charge in [0.05, 0.1) is 6.04 Å². The van der Waals surface area contributed by atoms with Crippen molar-refractivity contribution in [2.75, 3.05) is 20.2 Å². The van der Waals surface area contributed by atoms with E-state index in [1.807, 2.05) is 6.92 Å². The molecule has 35 heavy (non-hydrogen) atoms. The first-order valence-electron chi connectivity index (χ1n) is 11.2. The van der Waals surface area contributed by atoms with Crippen LogP contribution in [0.15, 0.2) is 36.4 Å². The lowest BCUT2D eigenvalue weighted by molar-refractivity contribution is -0.131. The Morgan fingerprint density at radius 2 is 1.89 bits per heavy atom. The Hall–Kier alpha value is -3.33. The summed E-state index contributed by atoms with van der Waals surface area (Å²) in [7, 11) is 1.50. The number of amides is 1. The maximum absolute atomic E-state index is 15.4. The summed E-state index contributed by atoms with van der Waals surface area (Å²) < 4.78 is 51.0. The predicted molar refractivity (Wildman–Crippen MR) is 126 cm³/mol. The molecule has 1 heterocycles. The van der Waals surface area contributed by atoms with Crippen molar-refractivity contribution >= 4 is 18.0 Å². The Balaban J connectivity index is 2.10. The largest absolute Gasteiger partial charge is 0.484 e. The van der Waals surface area contributed by atoms with Crippen LogP contribution in [0.3, 0.4) is 0 Å². The lowest BCUT2D eigenvalue weighted by Gasteiger charge is -2.44. The number of nitrogens with one attached hydrogen (secondary N) is 1. The minimum Gasteiger partial charge on any atom is -0.484 e. The van der Waals surface area contributed by atoms with Gasteiger partial charge in [0.2, 0.25) is 0 Å². The molecule has 0 aromatic heterocycles. The van der Waals surface area contributed by atoms with E-state index in [0.29, 0.717) is 17.7 Å². The minimum atomic E-state index is -1.63. The highest BCUT2D eigenvalue weighted by atomic mass is 19.1. The van der Waals surface area contributed by atoms with Crippen molar-refractivity contribution in [1.82, 2.24) is 10.2 Å². The highest BCUT2D eigenvalue weighted by molar-refractivity contribution is 5.85. The predicted octanol–water partition coefficient (Wildman–Crippen LogP) is 4.27. The highest BCUT2D eigenvalue weighted by Gasteiger charge is 2.39. The third kappa shape index (κ3) is 6.42. The maximum atomic E-state index is 15.4. The molecule has 6 nitrogen and oxygen atoms in total. The van der Waals surface area contributed by atoms with E-state index in [-0.39, 0.29) is 36.2 Å². The fourth-order valence-corrected chi connectivity index (χ4v) is 4.34. The molecular weight excluding hydrogens is 461 g/mol. The zero-order chi connectivity index (χ0) is 25.9. The Morgan fingerprint density at radius 1 is 1.23 bits per heavy atom. The van der Waals surface area contributed by atoms with E-state index in [9.17, 15) is 14.0 Å². The Morgan fingerprint density at radius 3 is 2.46 bits per heavy atom. The Labute approximate surface area is 202 Å². The van der Waals surface area contributed by atoms with Crippen LogP contribution in [0.2, 0.25) is 0 Å². The molecule has 0 unspecified atom stereocenters. The first kappa shape index (κ1) is 26.3. The monoisotopic (exact) mass is 490 g/mol. The van der Waals surface area contributed by atoms with Crippen LogP contribution in [0.5, 0.6) is 5.75 Å². The number of likely N-dealkylation sites (N-methyl/N-ethyl adjacent to an activating group) is 1. The fourth-order valence-electron chi connectivity index (χ4n) is 4.34. The van der Waals surface area contributed by atoms with Gasteiger partial charge in [-0.05, 0) is 74.2 Å². The van der Waals surface area contributed by atoms with E-state index in [4.69, 9.17) is 9.84 Å². The molecule has 1 amide bonds. The Bertz CT molecular complexity index is 1120. The number of nitrogens with zero attached hydrogens (tertiary/aromatic N) is 1. The van der Waals surface area contributed by atoms with Crippen LogP contribution in [0.4, 0.5) is 13.2 Å². The van der Waals surface area contributed by atoms with Gasteiger partial charge in [0.1, 0.15) is 23.1 Å². The number of fused-ring (bicyclic) bond motifs is 1. The van der Waals surface area contributed by atoms with Crippen LogP contribution in [0, 0.1) is 11.6 Å². The van der Waals surface area contributed by atoms with Gasteiger partial charge < -0.3 is 15.2 Å². The molecule has 0 aliphatic carbocycles. The molecule has 0 saturated heterocycles. The van der Waals surface area contributed by atoms with E-state index in [0.717, 1.165) is 29.8 Å². The second-order valence-electron chi connectivity index (χ2n) is 9.24. The minimum absolute atomic E-state index is 0.0607. The average Bonchev–Trinajstić information content (AvgIpc) is 2.76. The third-order valence-corrected chi connectivity index (χ3v) is 5.82. The number of benzene rings is 2. The summed E-state index contributed by atoms with van der Waals surface area (Å²) in [5.74, 6) is -2.82. The highest BCUT2D eigenvalue weighted by Crippen LogP contribution is 2.42. The first-order chi connectivity index (χ1) is 16.4. The number of carboxylic acid groups (broad SMARTS) is 1. The first-order valence-corrected chi connectivity index (χ1v) is 11.2. The topological polar surface area (TPSA) is 78.9 Å². The zero-order valence-electron chi connectivity index (χ0n) is 20.1. The molecule has 1 aliphatic rings. The van der Waals surface area contributed by atoms with Crippen molar-refractivity contribution in [1.29, 1.82) is 0 Å². The van der Waals surface area contributed by atoms with Gasteiger partial charge in [-0.1, -0.05) is 6.07 Å². The molecule has 2 aromatic rings. The molecule has 2 aromatic carbocycles. The van der Waals surface area contributed by atoms with Crippen LogP contribution in [-0.2, 0) is 16.0 Å². The van der Waals surface area contributed by atoms with Gasteiger partial charge in [-0.15, -0.1) is 0 Å². The number of halogens is 3. The van der Waals surface area contributed by atoms with Crippen molar-refractivity contribution in [3.8, 4) is 5.75 Å². The van der Waals surface area contributed by atoms with Gasteiger partial charge in [0.15, 0.2) is 6.61 Å². The summed E-state index contributed by atoms with van der Waals surface area (Å²) in [6.07, 6.45) is 2.39. The second kappa shape index (κ2) is 10.5. The normalized spacial score (nSPS) is 18.4. The number of carboxylic acids is 1. The summed E-state index contributed by atoms with van der Waals surface area (Å²) in [4.78, 5) is 24.0. The summed E-state index contributed by atoms with van der Waals surface area (Å²) in [5.41, 5.74) is -0.429. The molecule has 0 bridgehead atoms. The van der Waals surface area contributed by atoms with Gasteiger partial charge in [-0.3, -0.25) is 9.69 Å². The molecule has 0 radical (unpaired) electrons. The van der Waals surface area contributed by atoms with Gasteiger partial charge >= 0.3 is 5.97 Å². The molecule has 9 heteroatoms. The number of ether oxygens (including phenoxy) is 1. The van der Waals surface area contributed by atoms with Crippen molar-refractivity contribution in [2.45, 2.75) is 44.9 Å². The molecule has 188 valence electrons. The Kier molecular flexibility index (Phi) is 7.90. The van der Waals surface area contributed by atoms with Crippen molar-refractivity contribution < 1.29 is 32.6 Å². The summed E-state index contributed by atoms with van der Waals surface area (Å²) >= 11 is 0. The van der Waals surface area contributed by atoms with Crippen molar-refractivity contribution in [2.24, 2.45) is 0 Å². The van der Waals surface area contributed by atoms with Crippen molar-refractivity contribution in [3.05, 3.63) is 70.3 Å². The molecule has 0 fully saturated rings. The molecule has 2 N–H and O–H groups in total. The van der Waals surface area contributed by atoms with E-state index in [2.05, 4.69) is 5.32 Å². The summed E-state index contributed by atoms with van der Waals surface area (Å²) in [6, 6.07) is 5.98. The third-order valence-electron chi connectivity index (χ3n) is 5.82. The number of carbonyl (C=O) groups is 2. The van der Waals surface area contributed by atoms with E-state index in [1.54, 1.807) is 23.1 Å². The van der Waals surface area contributed by atoms with Crippen LogP contribution in [0.25, 0.3) is 6.08 Å². The lowest BCUT2D eigenvalue weighted by Crippen LogP contribution is -2.48. The van der Waals surface area contributed by atoms with E-state index < -0.39 is 29.3 Å². The molecule has 0 saturated carbocycles. The van der Waals surface area contributed by atoms with Crippen LogP contribution in [0.1, 0.15) is 49.1 Å². The number of aliphatic carboxylic acids is 1. The standard InChI is InChI=1S/C26H29F3N2O4/c1-15-9-17-12-18(35-13-22(32)30-4)6-7-19(17)25(31(15)14-26(2,3)29)24-20(27)10-16(11-21(24)28)5-8-23(33)34/h5-8,10-12,15,25H,9,13-14H2,1-4H3,(H,30,32)(H,33,34)/b8-5+/t15-,25+/m0/s1.